The molecule has 1 aliphatic carbocycles. The van der Waals surface area contributed by atoms with Crippen molar-refractivity contribution in [3.05, 3.63) is 17.5 Å². The van der Waals surface area contributed by atoms with Crippen molar-refractivity contribution in [3.63, 3.8) is 0 Å². The van der Waals surface area contributed by atoms with Crippen LogP contribution in [-0.4, -0.2) is 27.6 Å². The smallest absolute Gasteiger partial charge is 0.311 e. The van der Waals surface area contributed by atoms with E-state index in [-0.39, 0.29) is 0 Å². The van der Waals surface area contributed by atoms with Gasteiger partial charge in [0.05, 0.1) is 17.8 Å². The van der Waals surface area contributed by atoms with Gasteiger partial charge in [0, 0.05) is 6.54 Å². The van der Waals surface area contributed by atoms with Gasteiger partial charge in [0.15, 0.2) is 0 Å². The zero-order valence-corrected chi connectivity index (χ0v) is 9.37. The van der Waals surface area contributed by atoms with Crippen LogP contribution >= 0.6 is 11.6 Å². The van der Waals surface area contributed by atoms with E-state index < -0.39 is 11.4 Å². The third-order valence-electron chi connectivity index (χ3n) is 2.98. The average molecular weight is 242 g/mol. The van der Waals surface area contributed by atoms with Crippen LogP contribution in [0.2, 0.25) is 5.15 Å². The highest BCUT2D eigenvalue weighted by Gasteiger charge is 2.44. The van der Waals surface area contributed by atoms with Gasteiger partial charge >= 0.3 is 5.97 Å². The van der Waals surface area contributed by atoms with E-state index >= 15 is 0 Å². The Morgan fingerprint density at radius 1 is 1.56 bits per heavy atom. The number of carboxylic acids is 1. The summed E-state index contributed by atoms with van der Waals surface area (Å²) in [5.74, 6) is -0.235. The lowest BCUT2D eigenvalue weighted by Crippen LogP contribution is -2.43. The first-order valence-electron chi connectivity index (χ1n) is 5.07. The molecule has 0 saturated heterocycles. The van der Waals surface area contributed by atoms with Gasteiger partial charge in [0.2, 0.25) is 0 Å². The molecule has 2 N–H and O–H groups in total. The molecule has 86 valence electrons. The third-order valence-corrected chi connectivity index (χ3v) is 3.16. The Balaban J connectivity index is 1.99. The topological polar surface area (TPSA) is 75.1 Å². The summed E-state index contributed by atoms with van der Waals surface area (Å²) in [6, 6.07) is 0. The van der Waals surface area contributed by atoms with Crippen molar-refractivity contribution in [2.45, 2.75) is 19.3 Å². The first-order chi connectivity index (χ1) is 7.62. The van der Waals surface area contributed by atoms with E-state index in [0.29, 0.717) is 30.4 Å². The van der Waals surface area contributed by atoms with Gasteiger partial charge in [-0.05, 0) is 12.8 Å². The van der Waals surface area contributed by atoms with E-state index in [2.05, 4.69) is 15.3 Å². The SMILES string of the molecule is O=C(O)C1(CNc2cncc(Cl)n2)CCC1. The maximum Gasteiger partial charge on any atom is 0.311 e. The Morgan fingerprint density at radius 2 is 2.31 bits per heavy atom. The van der Waals surface area contributed by atoms with E-state index in [9.17, 15) is 4.79 Å². The molecular formula is C10H12ClN3O2. The molecule has 1 saturated carbocycles. The summed E-state index contributed by atoms with van der Waals surface area (Å²) in [6.45, 7) is 0.372. The highest BCUT2D eigenvalue weighted by molar-refractivity contribution is 6.29. The standard InChI is InChI=1S/C10H12ClN3O2/c11-7-4-12-5-8(14-7)13-6-10(9(15)16)2-1-3-10/h4-5H,1-3,6H2,(H,13,14)(H,15,16). The Labute approximate surface area is 97.9 Å². The van der Waals surface area contributed by atoms with E-state index in [1.54, 1.807) is 0 Å². The molecule has 0 aliphatic heterocycles. The van der Waals surface area contributed by atoms with Crippen molar-refractivity contribution in [3.8, 4) is 0 Å². The summed E-state index contributed by atoms with van der Waals surface area (Å²) in [7, 11) is 0. The third kappa shape index (κ3) is 2.09. The molecule has 0 radical (unpaired) electrons. The van der Waals surface area contributed by atoms with Gasteiger partial charge in [-0.15, -0.1) is 0 Å². The molecule has 16 heavy (non-hydrogen) atoms. The molecule has 0 atom stereocenters. The van der Waals surface area contributed by atoms with Crippen LogP contribution in [0, 0.1) is 5.41 Å². The average Bonchev–Trinajstić information content (AvgIpc) is 2.15. The number of aliphatic carboxylic acids is 1. The Hall–Kier alpha value is -1.36. The maximum absolute atomic E-state index is 11.1. The summed E-state index contributed by atoms with van der Waals surface area (Å²) >= 11 is 5.68. The van der Waals surface area contributed by atoms with Crippen LogP contribution < -0.4 is 5.32 Å². The quantitative estimate of drug-likeness (QED) is 0.841. The maximum atomic E-state index is 11.1. The molecule has 1 heterocycles. The minimum Gasteiger partial charge on any atom is -0.481 e. The summed E-state index contributed by atoms with van der Waals surface area (Å²) in [6.07, 6.45) is 5.35. The summed E-state index contributed by atoms with van der Waals surface area (Å²) in [4.78, 5) is 19.0. The van der Waals surface area contributed by atoms with Crippen molar-refractivity contribution >= 4 is 23.4 Å². The minimum absolute atomic E-state index is 0.294. The molecule has 2 rings (SSSR count). The number of carbonyl (C=O) groups is 1. The molecule has 0 bridgehead atoms. The minimum atomic E-state index is -0.749. The van der Waals surface area contributed by atoms with Crippen molar-refractivity contribution in [1.82, 2.24) is 9.97 Å². The van der Waals surface area contributed by atoms with Crippen LogP contribution in [0.15, 0.2) is 12.4 Å². The van der Waals surface area contributed by atoms with Crippen molar-refractivity contribution in [1.29, 1.82) is 0 Å². The molecule has 1 aromatic heterocycles. The predicted octanol–water partition coefficient (Wildman–Crippen LogP) is 1.80. The Kier molecular flexibility index (Phi) is 2.96. The van der Waals surface area contributed by atoms with Crippen LogP contribution in [0.1, 0.15) is 19.3 Å². The van der Waals surface area contributed by atoms with Crippen LogP contribution in [-0.2, 0) is 4.79 Å². The number of anilines is 1. The second kappa shape index (κ2) is 4.25. The molecule has 6 heteroatoms. The highest BCUT2D eigenvalue weighted by atomic mass is 35.5. The predicted molar refractivity (Wildman–Crippen MR) is 59.5 cm³/mol. The second-order valence-electron chi connectivity index (χ2n) is 4.02. The first-order valence-corrected chi connectivity index (χ1v) is 5.45. The van der Waals surface area contributed by atoms with Crippen molar-refractivity contribution < 1.29 is 9.90 Å². The van der Waals surface area contributed by atoms with Gasteiger partial charge < -0.3 is 10.4 Å². The number of nitrogens with zero attached hydrogens (tertiary/aromatic N) is 2. The van der Waals surface area contributed by atoms with Gasteiger partial charge in [-0.3, -0.25) is 9.78 Å². The van der Waals surface area contributed by atoms with E-state index in [4.69, 9.17) is 16.7 Å². The summed E-state index contributed by atoms with van der Waals surface area (Å²) < 4.78 is 0. The molecule has 0 amide bonds. The van der Waals surface area contributed by atoms with Gasteiger partial charge in [-0.25, -0.2) is 4.98 Å². The molecule has 1 aliphatic rings. The lowest BCUT2D eigenvalue weighted by atomic mass is 9.69. The van der Waals surface area contributed by atoms with Crippen LogP contribution in [0.4, 0.5) is 5.82 Å². The Bertz CT molecular complexity index is 407. The van der Waals surface area contributed by atoms with E-state index in [0.717, 1.165) is 6.42 Å². The van der Waals surface area contributed by atoms with Gasteiger partial charge in [-0.1, -0.05) is 18.0 Å². The Morgan fingerprint density at radius 3 is 2.81 bits per heavy atom. The number of halogens is 1. The fourth-order valence-electron chi connectivity index (χ4n) is 1.76. The van der Waals surface area contributed by atoms with E-state index in [1.165, 1.54) is 12.4 Å². The van der Waals surface area contributed by atoms with Gasteiger partial charge in [0.1, 0.15) is 11.0 Å². The first kappa shape index (κ1) is 11.1. The van der Waals surface area contributed by atoms with Gasteiger partial charge in [0.25, 0.3) is 0 Å². The van der Waals surface area contributed by atoms with Crippen LogP contribution in [0.5, 0.6) is 0 Å². The second-order valence-corrected chi connectivity index (χ2v) is 4.41. The molecule has 5 nitrogen and oxygen atoms in total. The molecule has 0 aromatic carbocycles. The number of hydrogen-bond donors (Lipinski definition) is 2. The monoisotopic (exact) mass is 241 g/mol. The van der Waals surface area contributed by atoms with Crippen molar-refractivity contribution in [2.75, 3.05) is 11.9 Å². The fraction of sp³-hybridized carbons (Fsp3) is 0.500. The molecule has 0 unspecified atom stereocenters. The summed E-state index contributed by atoms with van der Waals surface area (Å²) in [5.41, 5.74) is -0.635. The lowest BCUT2D eigenvalue weighted by molar-refractivity contribution is -0.153. The largest absolute Gasteiger partial charge is 0.481 e. The number of nitrogens with one attached hydrogen (secondary N) is 1. The number of carboxylic acid groups (broad SMARTS) is 1. The zero-order chi connectivity index (χ0) is 11.6. The zero-order valence-electron chi connectivity index (χ0n) is 8.61. The van der Waals surface area contributed by atoms with Gasteiger partial charge in [-0.2, -0.15) is 0 Å². The van der Waals surface area contributed by atoms with Crippen LogP contribution in [0.3, 0.4) is 0 Å². The van der Waals surface area contributed by atoms with Crippen LogP contribution in [0.25, 0.3) is 0 Å². The fourth-order valence-corrected chi connectivity index (χ4v) is 1.90. The normalized spacial score (nSPS) is 17.6. The molecule has 1 fully saturated rings. The van der Waals surface area contributed by atoms with Crippen molar-refractivity contribution in [2.24, 2.45) is 5.41 Å². The lowest BCUT2D eigenvalue weighted by Gasteiger charge is -2.37. The highest BCUT2D eigenvalue weighted by Crippen LogP contribution is 2.41. The number of hydrogen-bond acceptors (Lipinski definition) is 4. The molecule has 0 spiro atoms. The molecular weight excluding hydrogens is 230 g/mol. The molecule has 1 aromatic rings. The number of aromatic nitrogens is 2. The summed E-state index contributed by atoms with van der Waals surface area (Å²) in [5, 5.41) is 12.4. The number of rotatable bonds is 4. The van der Waals surface area contributed by atoms with E-state index in [1.807, 2.05) is 0 Å².